The molecule has 1 aliphatic heterocycles. The van der Waals surface area contributed by atoms with Crippen molar-refractivity contribution in [3.63, 3.8) is 0 Å². The first-order valence-electron chi connectivity index (χ1n) is 8.43. The number of benzene rings is 1. The summed E-state index contributed by atoms with van der Waals surface area (Å²) in [5.41, 5.74) is 0.274. The van der Waals surface area contributed by atoms with Crippen LogP contribution in [0.5, 0.6) is 0 Å². The molecule has 1 aliphatic rings. The first kappa shape index (κ1) is 18.9. The van der Waals surface area contributed by atoms with E-state index in [-0.39, 0.29) is 30.5 Å². The number of non-ortho nitro benzene ring substituents is 1. The minimum atomic E-state index is -0.514. The van der Waals surface area contributed by atoms with Gasteiger partial charge in [-0.15, -0.1) is 0 Å². The van der Waals surface area contributed by atoms with Crippen LogP contribution in [0.4, 0.5) is 5.69 Å². The lowest BCUT2D eigenvalue weighted by Crippen LogP contribution is -2.51. The topological polar surface area (TPSA) is 95.8 Å². The molecule has 1 fully saturated rings. The number of carbonyl (C=O) groups is 2. The van der Waals surface area contributed by atoms with Gasteiger partial charge < -0.3 is 10.2 Å². The quantitative estimate of drug-likeness (QED) is 0.617. The summed E-state index contributed by atoms with van der Waals surface area (Å²) in [6, 6.07) is 5.86. The third kappa shape index (κ3) is 5.25. The maximum absolute atomic E-state index is 12.2. The SMILES string of the molecule is CC(C)N1CCN(C(=O)CCNC(=O)c2ccc([N+](=O)[O-])cc2)CC1. The van der Waals surface area contributed by atoms with E-state index in [1.54, 1.807) is 0 Å². The summed E-state index contributed by atoms with van der Waals surface area (Å²) in [6.07, 6.45) is 0.250. The Morgan fingerprint density at radius 1 is 1.16 bits per heavy atom. The predicted octanol–water partition coefficient (Wildman–Crippen LogP) is 1.27. The number of nitro benzene ring substituents is 1. The van der Waals surface area contributed by atoms with Gasteiger partial charge in [0.2, 0.25) is 5.91 Å². The molecule has 1 aromatic rings. The Bertz CT molecular complexity index is 622. The van der Waals surface area contributed by atoms with E-state index in [4.69, 9.17) is 0 Å². The van der Waals surface area contributed by atoms with Gasteiger partial charge in [0.25, 0.3) is 11.6 Å². The van der Waals surface area contributed by atoms with Gasteiger partial charge in [0.05, 0.1) is 4.92 Å². The minimum absolute atomic E-state index is 0.0346. The van der Waals surface area contributed by atoms with Crippen LogP contribution in [0.25, 0.3) is 0 Å². The summed E-state index contributed by atoms with van der Waals surface area (Å²) in [5.74, 6) is -0.306. The van der Waals surface area contributed by atoms with E-state index in [0.717, 1.165) is 13.1 Å². The van der Waals surface area contributed by atoms with Gasteiger partial charge in [-0.05, 0) is 26.0 Å². The highest BCUT2D eigenvalue weighted by molar-refractivity contribution is 5.94. The number of piperazine rings is 1. The molecule has 1 N–H and O–H groups in total. The van der Waals surface area contributed by atoms with Gasteiger partial charge in [-0.3, -0.25) is 24.6 Å². The van der Waals surface area contributed by atoms with E-state index in [1.807, 2.05) is 4.90 Å². The fraction of sp³-hybridized carbons (Fsp3) is 0.529. The van der Waals surface area contributed by atoms with E-state index in [2.05, 4.69) is 24.1 Å². The monoisotopic (exact) mass is 348 g/mol. The number of rotatable bonds is 6. The fourth-order valence-corrected chi connectivity index (χ4v) is 2.77. The Balaban J connectivity index is 1.74. The highest BCUT2D eigenvalue weighted by Crippen LogP contribution is 2.12. The highest BCUT2D eigenvalue weighted by atomic mass is 16.6. The van der Waals surface area contributed by atoms with Crippen LogP contribution < -0.4 is 5.32 Å². The van der Waals surface area contributed by atoms with Crippen LogP contribution in [-0.4, -0.2) is 65.3 Å². The number of hydrogen-bond acceptors (Lipinski definition) is 5. The van der Waals surface area contributed by atoms with Crippen molar-refractivity contribution in [3.05, 3.63) is 39.9 Å². The smallest absolute Gasteiger partial charge is 0.269 e. The van der Waals surface area contributed by atoms with Crippen molar-refractivity contribution in [3.8, 4) is 0 Å². The molecule has 0 aliphatic carbocycles. The maximum atomic E-state index is 12.2. The van der Waals surface area contributed by atoms with Crippen molar-refractivity contribution in [2.45, 2.75) is 26.3 Å². The lowest BCUT2D eigenvalue weighted by Gasteiger charge is -2.37. The van der Waals surface area contributed by atoms with Gasteiger partial charge in [-0.1, -0.05) is 0 Å². The van der Waals surface area contributed by atoms with Crippen molar-refractivity contribution in [1.29, 1.82) is 0 Å². The Kier molecular flexibility index (Phi) is 6.46. The second kappa shape index (κ2) is 8.57. The zero-order valence-corrected chi connectivity index (χ0v) is 14.6. The van der Waals surface area contributed by atoms with E-state index >= 15 is 0 Å². The summed E-state index contributed by atoms with van der Waals surface area (Å²) in [6.45, 7) is 7.72. The number of nitrogens with one attached hydrogen (secondary N) is 1. The molecule has 0 spiro atoms. The zero-order valence-electron chi connectivity index (χ0n) is 14.6. The first-order valence-corrected chi connectivity index (χ1v) is 8.43. The van der Waals surface area contributed by atoms with Crippen LogP contribution in [0.3, 0.4) is 0 Å². The Morgan fingerprint density at radius 2 is 1.76 bits per heavy atom. The number of nitro groups is 1. The van der Waals surface area contributed by atoms with Crippen LogP contribution in [0.15, 0.2) is 24.3 Å². The van der Waals surface area contributed by atoms with Crippen molar-refractivity contribution in [1.82, 2.24) is 15.1 Å². The largest absolute Gasteiger partial charge is 0.352 e. The molecule has 0 radical (unpaired) electrons. The first-order chi connectivity index (χ1) is 11.9. The second-order valence-corrected chi connectivity index (χ2v) is 6.32. The summed E-state index contributed by atoms with van der Waals surface area (Å²) in [4.78, 5) is 38.4. The third-order valence-corrected chi connectivity index (χ3v) is 4.36. The van der Waals surface area contributed by atoms with E-state index in [9.17, 15) is 19.7 Å². The Labute approximate surface area is 146 Å². The van der Waals surface area contributed by atoms with Crippen LogP contribution in [0.2, 0.25) is 0 Å². The van der Waals surface area contributed by atoms with Crippen LogP contribution in [0, 0.1) is 10.1 Å². The molecule has 0 unspecified atom stereocenters. The lowest BCUT2D eigenvalue weighted by atomic mass is 10.2. The molecule has 136 valence electrons. The maximum Gasteiger partial charge on any atom is 0.269 e. The van der Waals surface area contributed by atoms with Gasteiger partial charge in [0.15, 0.2) is 0 Å². The lowest BCUT2D eigenvalue weighted by molar-refractivity contribution is -0.384. The minimum Gasteiger partial charge on any atom is -0.352 e. The van der Waals surface area contributed by atoms with Crippen LogP contribution in [-0.2, 0) is 4.79 Å². The normalized spacial score (nSPS) is 15.2. The van der Waals surface area contributed by atoms with Gasteiger partial charge in [0.1, 0.15) is 0 Å². The summed E-state index contributed by atoms with van der Waals surface area (Å²) < 4.78 is 0. The molecule has 0 aromatic heterocycles. The second-order valence-electron chi connectivity index (χ2n) is 6.32. The summed E-state index contributed by atoms with van der Waals surface area (Å²) in [7, 11) is 0. The molecule has 8 nitrogen and oxygen atoms in total. The third-order valence-electron chi connectivity index (χ3n) is 4.36. The molecule has 2 rings (SSSR count). The van der Waals surface area contributed by atoms with Crippen molar-refractivity contribution < 1.29 is 14.5 Å². The number of amides is 2. The average Bonchev–Trinajstić information content (AvgIpc) is 2.61. The van der Waals surface area contributed by atoms with Crippen molar-refractivity contribution >= 4 is 17.5 Å². The highest BCUT2D eigenvalue weighted by Gasteiger charge is 2.22. The average molecular weight is 348 g/mol. The Hall–Kier alpha value is -2.48. The summed E-state index contributed by atoms with van der Waals surface area (Å²) >= 11 is 0. The molecule has 1 aromatic carbocycles. The zero-order chi connectivity index (χ0) is 18.4. The van der Waals surface area contributed by atoms with Gasteiger partial charge in [-0.25, -0.2) is 0 Å². The molecule has 1 heterocycles. The molecular formula is C17H24N4O4. The molecule has 0 bridgehead atoms. The van der Waals surface area contributed by atoms with E-state index in [1.165, 1.54) is 24.3 Å². The number of hydrogen-bond donors (Lipinski definition) is 1. The standard InChI is InChI=1S/C17H24N4O4/c1-13(2)19-9-11-20(12-10-19)16(22)7-8-18-17(23)14-3-5-15(6-4-14)21(24)25/h3-6,13H,7-12H2,1-2H3,(H,18,23). The van der Waals surface area contributed by atoms with Gasteiger partial charge >= 0.3 is 0 Å². The molecule has 0 saturated carbocycles. The number of carbonyl (C=O) groups excluding carboxylic acids is 2. The predicted molar refractivity (Wildman–Crippen MR) is 93.3 cm³/mol. The Morgan fingerprint density at radius 3 is 2.28 bits per heavy atom. The molecule has 0 atom stereocenters. The summed E-state index contributed by atoms with van der Waals surface area (Å²) in [5, 5.41) is 13.3. The van der Waals surface area contributed by atoms with E-state index in [0.29, 0.717) is 24.7 Å². The van der Waals surface area contributed by atoms with Crippen LogP contribution in [0.1, 0.15) is 30.6 Å². The van der Waals surface area contributed by atoms with Gasteiger partial charge in [0, 0.05) is 62.9 Å². The molecule has 2 amide bonds. The molecule has 1 saturated heterocycles. The van der Waals surface area contributed by atoms with Crippen LogP contribution >= 0.6 is 0 Å². The van der Waals surface area contributed by atoms with Gasteiger partial charge in [-0.2, -0.15) is 0 Å². The van der Waals surface area contributed by atoms with E-state index < -0.39 is 4.92 Å². The molecular weight excluding hydrogens is 324 g/mol. The number of nitrogens with zero attached hydrogens (tertiary/aromatic N) is 3. The molecule has 25 heavy (non-hydrogen) atoms. The fourth-order valence-electron chi connectivity index (χ4n) is 2.77. The molecule has 8 heteroatoms. The van der Waals surface area contributed by atoms with Crippen molar-refractivity contribution in [2.75, 3.05) is 32.7 Å². The van der Waals surface area contributed by atoms with Crippen molar-refractivity contribution in [2.24, 2.45) is 0 Å².